The van der Waals surface area contributed by atoms with Gasteiger partial charge in [-0.25, -0.2) is 4.39 Å². The molecule has 2 aromatic carbocycles. The second-order valence-electron chi connectivity index (χ2n) is 8.69. The number of aryl methyl sites for hydroxylation is 1. The Bertz CT molecular complexity index is 1640. The van der Waals surface area contributed by atoms with Gasteiger partial charge in [-0.3, -0.25) is 4.79 Å². The number of methoxy groups -OCH3 is 1. The molecule has 4 heterocycles. The number of hydrogen-bond acceptors (Lipinski definition) is 7. The number of carbonyl (C=O) groups is 1. The van der Waals surface area contributed by atoms with Gasteiger partial charge in [-0.15, -0.1) is 15.3 Å². The lowest BCUT2D eigenvalue weighted by Crippen LogP contribution is -2.25. The molecule has 6 rings (SSSR count). The molecule has 3 aromatic heterocycles. The van der Waals surface area contributed by atoms with Crippen LogP contribution in [0, 0.1) is 12.7 Å². The van der Waals surface area contributed by atoms with E-state index in [9.17, 15) is 9.18 Å². The van der Waals surface area contributed by atoms with E-state index in [-0.39, 0.29) is 30.7 Å². The molecule has 0 spiro atoms. The highest BCUT2D eigenvalue weighted by atomic mass is 19.1. The first-order valence-corrected chi connectivity index (χ1v) is 11.6. The first-order valence-electron chi connectivity index (χ1n) is 11.6. The molecule has 0 radical (unpaired) electrons. The molecule has 0 bridgehead atoms. The number of hydrogen-bond donors (Lipinski definition) is 1. The standard InChI is InChI=1S/C26H22FN7O3/c1-15-24-19(18-7-4-8-20(36-2)25(18)37-13-16-5-3-6-17(27)11-16)12-23(35)29-26(24)34(31-15)22-10-9-21-30-28-14-33(21)32-22/h3-11,14,19H,12-13H2,1-2H3,(H,29,35)/t19-/m1/s1. The summed E-state index contributed by atoms with van der Waals surface area (Å²) in [5.74, 6) is 1.21. The maximum Gasteiger partial charge on any atom is 0.226 e. The minimum atomic E-state index is -0.353. The number of fused-ring (bicyclic) bond motifs is 2. The fourth-order valence-electron chi connectivity index (χ4n) is 4.71. The summed E-state index contributed by atoms with van der Waals surface area (Å²) in [5, 5.41) is 20.1. The lowest BCUT2D eigenvalue weighted by atomic mass is 9.85. The molecular weight excluding hydrogens is 477 g/mol. The van der Waals surface area contributed by atoms with Crippen LogP contribution in [0.4, 0.5) is 10.2 Å². The highest BCUT2D eigenvalue weighted by Gasteiger charge is 2.35. The zero-order valence-electron chi connectivity index (χ0n) is 20.1. The molecule has 0 saturated carbocycles. The molecule has 1 aliphatic heterocycles. The van der Waals surface area contributed by atoms with Crippen molar-refractivity contribution >= 4 is 17.4 Å². The van der Waals surface area contributed by atoms with Gasteiger partial charge >= 0.3 is 0 Å². The lowest BCUT2D eigenvalue weighted by Gasteiger charge is -2.26. The van der Waals surface area contributed by atoms with Crippen molar-refractivity contribution in [3.63, 3.8) is 0 Å². The highest BCUT2D eigenvalue weighted by molar-refractivity contribution is 5.95. The third kappa shape index (κ3) is 4.03. The van der Waals surface area contributed by atoms with Gasteiger partial charge < -0.3 is 14.8 Å². The Morgan fingerprint density at radius 2 is 2.00 bits per heavy atom. The number of nitrogens with zero attached hydrogens (tertiary/aromatic N) is 6. The number of aromatic nitrogens is 6. The van der Waals surface area contributed by atoms with Crippen LogP contribution in [0.2, 0.25) is 0 Å². The van der Waals surface area contributed by atoms with E-state index >= 15 is 0 Å². The molecule has 0 fully saturated rings. The van der Waals surface area contributed by atoms with Crippen LogP contribution < -0.4 is 14.8 Å². The summed E-state index contributed by atoms with van der Waals surface area (Å²) in [6, 6.07) is 15.3. The fraction of sp³-hybridized carbons (Fsp3) is 0.192. The van der Waals surface area contributed by atoms with E-state index in [2.05, 4.69) is 20.6 Å². The van der Waals surface area contributed by atoms with E-state index in [1.54, 1.807) is 46.6 Å². The van der Waals surface area contributed by atoms with Crippen LogP contribution in [0.5, 0.6) is 11.5 Å². The van der Waals surface area contributed by atoms with Crippen molar-refractivity contribution in [2.24, 2.45) is 0 Å². The summed E-state index contributed by atoms with van der Waals surface area (Å²) < 4.78 is 28.7. The second-order valence-corrected chi connectivity index (χ2v) is 8.69. The molecule has 37 heavy (non-hydrogen) atoms. The van der Waals surface area contributed by atoms with E-state index in [1.807, 2.05) is 19.1 Å². The van der Waals surface area contributed by atoms with Gasteiger partial charge in [-0.1, -0.05) is 24.3 Å². The van der Waals surface area contributed by atoms with Crippen LogP contribution in [0.25, 0.3) is 11.5 Å². The molecule has 0 unspecified atom stereocenters. The molecule has 1 atom stereocenters. The molecule has 0 saturated heterocycles. The van der Waals surface area contributed by atoms with Crippen molar-refractivity contribution < 1.29 is 18.7 Å². The van der Waals surface area contributed by atoms with Crippen LogP contribution in [0.15, 0.2) is 60.9 Å². The van der Waals surface area contributed by atoms with E-state index in [4.69, 9.17) is 14.6 Å². The van der Waals surface area contributed by atoms with E-state index in [1.165, 1.54) is 18.5 Å². The van der Waals surface area contributed by atoms with Crippen molar-refractivity contribution in [2.75, 3.05) is 12.4 Å². The largest absolute Gasteiger partial charge is 0.493 e. The molecule has 1 N–H and O–H groups in total. The Morgan fingerprint density at radius 3 is 2.84 bits per heavy atom. The van der Waals surface area contributed by atoms with Gasteiger partial charge in [0.25, 0.3) is 0 Å². The van der Waals surface area contributed by atoms with Crippen LogP contribution in [0.3, 0.4) is 0 Å². The third-order valence-corrected chi connectivity index (χ3v) is 6.34. The van der Waals surface area contributed by atoms with Crippen molar-refractivity contribution in [3.05, 3.63) is 89.1 Å². The van der Waals surface area contributed by atoms with Gasteiger partial charge in [0.1, 0.15) is 24.6 Å². The number of halogens is 1. The summed E-state index contributed by atoms with van der Waals surface area (Å²) in [7, 11) is 1.56. The molecular formula is C26H22FN7O3. The van der Waals surface area contributed by atoms with Gasteiger partial charge in [0.15, 0.2) is 23.0 Å². The quantitative estimate of drug-likeness (QED) is 0.378. The monoisotopic (exact) mass is 499 g/mol. The normalized spacial score (nSPS) is 14.9. The average molecular weight is 500 g/mol. The highest BCUT2D eigenvalue weighted by Crippen LogP contribution is 2.45. The smallest absolute Gasteiger partial charge is 0.226 e. The van der Waals surface area contributed by atoms with Gasteiger partial charge in [-0.2, -0.15) is 14.3 Å². The Kier molecular flexibility index (Phi) is 5.52. The topological polar surface area (TPSA) is 108 Å². The SMILES string of the molecule is COc1cccc([C@H]2CC(=O)Nc3c2c(C)nn3-c2ccc3nncn3n2)c1OCc1cccc(F)c1. The first kappa shape index (κ1) is 22.7. The number of nitrogens with one attached hydrogen (secondary N) is 1. The summed E-state index contributed by atoms with van der Waals surface area (Å²) in [6.45, 7) is 2.03. The summed E-state index contributed by atoms with van der Waals surface area (Å²) in [5.41, 5.74) is 3.65. The number of anilines is 1. The second kappa shape index (κ2) is 9.01. The molecule has 5 aromatic rings. The average Bonchev–Trinajstić information content (AvgIpc) is 3.50. The van der Waals surface area contributed by atoms with Crippen molar-refractivity contribution in [1.29, 1.82) is 0 Å². The van der Waals surface area contributed by atoms with Crippen molar-refractivity contribution in [1.82, 2.24) is 29.6 Å². The number of amides is 1. The Balaban J connectivity index is 1.43. The Hall–Kier alpha value is -4.80. The summed E-state index contributed by atoms with van der Waals surface area (Å²) >= 11 is 0. The predicted octanol–water partition coefficient (Wildman–Crippen LogP) is 3.82. The molecule has 1 aliphatic rings. The zero-order chi connectivity index (χ0) is 25.5. The molecule has 11 heteroatoms. The number of benzene rings is 2. The van der Waals surface area contributed by atoms with Crippen LogP contribution in [-0.2, 0) is 11.4 Å². The predicted molar refractivity (Wildman–Crippen MR) is 131 cm³/mol. The number of para-hydroxylation sites is 1. The minimum Gasteiger partial charge on any atom is -0.493 e. The Morgan fingerprint density at radius 1 is 1.14 bits per heavy atom. The molecule has 0 aliphatic carbocycles. The first-order chi connectivity index (χ1) is 18.0. The number of ether oxygens (including phenoxy) is 2. The van der Waals surface area contributed by atoms with E-state index < -0.39 is 0 Å². The third-order valence-electron chi connectivity index (χ3n) is 6.34. The van der Waals surface area contributed by atoms with Crippen molar-refractivity contribution in [3.8, 4) is 17.3 Å². The van der Waals surface area contributed by atoms with E-state index in [0.29, 0.717) is 34.3 Å². The lowest BCUT2D eigenvalue weighted by molar-refractivity contribution is -0.116. The maximum atomic E-state index is 13.7. The van der Waals surface area contributed by atoms with Gasteiger partial charge in [0.2, 0.25) is 5.91 Å². The summed E-state index contributed by atoms with van der Waals surface area (Å²) in [6.07, 6.45) is 1.70. The molecule has 10 nitrogen and oxygen atoms in total. The Labute approximate surface area is 210 Å². The number of rotatable bonds is 6. The maximum absolute atomic E-state index is 13.7. The molecule has 186 valence electrons. The van der Waals surface area contributed by atoms with Gasteiger partial charge in [-0.05, 0) is 42.8 Å². The van der Waals surface area contributed by atoms with Gasteiger partial charge in [0, 0.05) is 23.5 Å². The fourth-order valence-corrected chi connectivity index (χ4v) is 4.71. The van der Waals surface area contributed by atoms with Crippen LogP contribution >= 0.6 is 0 Å². The molecule has 1 amide bonds. The van der Waals surface area contributed by atoms with Crippen LogP contribution in [-0.4, -0.2) is 42.6 Å². The van der Waals surface area contributed by atoms with Gasteiger partial charge in [0.05, 0.1) is 12.8 Å². The minimum absolute atomic E-state index is 0.137. The van der Waals surface area contributed by atoms with Crippen LogP contribution in [0.1, 0.15) is 34.7 Å². The number of carbonyl (C=O) groups excluding carboxylic acids is 1. The van der Waals surface area contributed by atoms with E-state index in [0.717, 1.165) is 16.8 Å². The summed E-state index contributed by atoms with van der Waals surface area (Å²) in [4.78, 5) is 12.9. The van der Waals surface area contributed by atoms with Crippen molar-refractivity contribution in [2.45, 2.75) is 25.9 Å². The zero-order valence-corrected chi connectivity index (χ0v) is 20.1.